The molecular formula is C15H19N5O. The number of piperidine rings is 1. The van der Waals surface area contributed by atoms with Gasteiger partial charge in [-0.25, -0.2) is 9.97 Å². The Morgan fingerprint density at radius 1 is 1.33 bits per heavy atom. The van der Waals surface area contributed by atoms with E-state index in [4.69, 9.17) is 5.73 Å². The molecule has 1 saturated heterocycles. The van der Waals surface area contributed by atoms with Gasteiger partial charge in [-0.3, -0.25) is 4.79 Å². The standard InChI is InChI=1S/C15H19N5O/c1-17-15(21)10-4-6-20(7-5-10)14-12-3-2-11(16)8-13(12)18-9-19-14/h2-3,8-10H,4-7,16H2,1H3,(H,17,21). The van der Waals surface area contributed by atoms with Crippen LogP contribution in [-0.4, -0.2) is 36.0 Å². The van der Waals surface area contributed by atoms with Crippen molar-refractivity contribution in [3.05, 3.63) is 24.5 Å². The number of carbonyl (C=O) groups excluding carboxylic acids is 1. The Hall–Kier alpha value is -2.37. The number of amides is 1. The van der Waals surface area contributed by atoms with Gasteiger partial charge in [0.25, 0.3) is 0 Å². The van der Waals surface area contributed by atoms with Crippen LogP contribution in [0.2, 0.25) is 0 Å². The van der Waals surface area contributed by atoms with Crippen molar-refractivity contribution >= 4 is 28.3 Å². The number of hydrogen-bond donors (Lipinski definition) is 2. The van der Waals surface area contributed by atoms with Gasteiger partial charge in [0.15, 0.2) is 0 Å². The maximum absolute atomic E-state index is 11.7. The normalized spacial score (nSPS) is 16.1. The summed E-state index contributed by atoms with van der Waals surface area (Å²) < 4.78 is 0. The lowest BCUT2D eigenvalue weighted by Crippen LogP contribution is -2.40. The number of fused-ring (bicyclic) bond motifs is 1. The number of rotatable bonds is 2. The molecule has 1 aliphatic rings. The van der Waals surface area contributed by atoms with E-state index in [1.54, 1.807) is 13.4 Å². The van der Waals surface area contributed by atoms with Crippen LogP contribution in [0.4, 0.5) is 11.5 Å². The molecule has 2 aromatic rings. The van der Waals surface area contributed by atoms with E-state index in [0.29, 0.717) is 5.69 Å². The lowest BCUT2D eigenvalue weighted by Gasteiger charge is -2.32. The molecule has 2 heterocycles. The highest BCUT2D eigenvalue weighted by Gasteiger charge is 2.25. The van der Waals surface area contributed by atoms with Crippen LogP contribution in [0.3, 0.4) is 0 Å². The third kappa shape index (κ3) is 2.61. The maximum Gasteiger partial charge on any atom is 0.222 e. The fraction of sp³-hybridized carbons (Fsp3) is 0.400. The molecule has 0 saturated carbocycles. The zero-order valence-corrected chi connectivity index (χ0v) is 12.0. The van der Waals surface area contributed by atoms with Crippen LogP contribution in [0.15, 0.2) is 24.5 Å². The first-order valence-electron chi connectivity index (χ1n) is 7.16. The van der Waals surface area contributed by atoms with Crippen LogP contribution in [0.25, 0.3) is 10.9 Å². The van der Waals surface area contributed by atoms with E-state index in [-0.39, 0.29) is 11.8 Å². The van der Waals surface area contributed by atoms with Crippen molar-refractivity contribution in [3.63, 3.8) is 0 Å². The van der Waals surface area contributed by atoms with Crippen molar-refractivity contribution in [3.8, 4) is 0 Å². The lowest BCUT2D eigenvalue weighted by molar-refractivity contribution is -0.125. The fourth-order valence-corrected chi connectivity index (χ4v) is 2.87. The molecular weight excluding hydrogens is 266 g/mol. The SMILES string of the molecule is CNC(=O)C1CCN(c2ncnc3cc(N)ccc23)CC1. The smallest absolute Gasteiger partial charge is 0.222 e. The summed E-state index contributed by atoms with van der Waals surface area (Å²) in [5.74, 6) is 1.17. The van der Waals surface area contributed by atoms with E-state index in [2.05, 4.69) is 20.2 Å². The van der Waals surface area contributed by atoms with E-state index in [1.165, 1.54) is 0 Å². The average molecular weight is 285 g/mol. The second kappa shape index (κ2) is 5.55. The summed E-state index contributed by atoms with van der Waals surface area (Å²) in [6.07, 6.45) is 3.27. The zero-order chi connectivity index (χ0) is 14.8. The second-order valence-electron chi connectivity index (χ2n) is 5.35. The number of nitrogen functional groups attached to an aromatic ring is 1. The second-order valence-corrected chi connectivity index (χ2v) is 5.35. The van der Waals surface area contributed by atoms with Crippen LogP contribution in [-0.2, 0) is 4.79 Å². The van der Waals surface area contributed by atoms with Crippen LogP contribution in [0.1, 0.15) is 12.8 Å². The van der Waals surface area contributed by atoms with Crippen molar-refractivity contribution in [2.75, 3.05) is 30.8 Å². The molecule has 1 amide bonds. The molecule has 21 heavy (non-hydrogen) atoms. The number of carbonyl (C=O) groups is 1. The Labute approximate surface area is 123 Å². The summed E-state index contributed by atoms with van der Waals surface area (Å²) in [4.78, 5) is 22.6. The Morgan fingerprint density at radius 3 is 2.81 bits per heavy atom. The van der Waals surface area contributed by atoms with Gasteiger partial charge < -0.3 is 16.0 Å². The van der Waals surface area contributed by atoms with Crippen LogP contribution >= 0.6 is 0 Å². The summed E-state index contributed by atoms with van der Waals surface area (Å²) in [5, 5.41) is 3.73. The number of anilines is 2. The maximum atomic E-state index is 11.7. The summed E-state index contributed by atoms with van der Waals surface area (Å²) in [6, 6.07) is 5.69. The van der Waals surface area contributed by atoms with Gasteiger partial charge in [0.05, 0.1) is 5.52 Å². The number of hydrogen-bond acceptors (Lipinski definition) is 5. The van der Waals surface area contributed by atoms with Gasteiger partial charge >= 0.3 is 0 Å². The first-order chi connectivity index (χ1) is 10.2. The molecule has 3 rings (SSSR count). The van der Waals surface area contributed by atoms with Crippen molar-refractivity contribution in [2.45, 2.75) is 12.8 Å². The highest BCUT2D eigenvalue weighted by atomic mass is 16.1. The van der Waals surface area contributed by atoms with E-state index in [9.17, 15) is 4.79 Å². The summed E-state index contributed by atoms with van der Waals surface area (Å²) in [5.41, 5.74) is 7.36. The number of nitrogens with two attached hydrogens (primary N) is 1. The van der Waals surface area contributed by atoms with Gasteiger partial charge in [-0.05, 0) is 31.0 Å². The molecule has 1 aromatic heterocycles. The monoisotopic (exact) mass is 285 g/mol. The Bertz CT molecular complexity index is 664. The van der Waals surface area contributed by atoms with Crippen molar-refractivity contribution in [1.82, 2.24) is 15.3 Å². The van der Waals surface area contributed by atoms with Gasteiger partial charge in [0.2, 0.25) is 5.91 Å². The number of nitrogens with one attached hydrogen (secondary N) is 1. The Kier molecular flexibility index (Phi) is 3.60. The summed E-state index contributed by atoms with van der Waals surface area (Å²) >= 11 is 0. The Balaban J connectivity index is 1.84. The number of aromatic nitrogens is 2. The highest BCUT2D eigenvalue weighted by molar-refractivity contribution is 5.91. The zero-order valence-electron chi connectivity index (χ0n) is 12.0. The summed E-state index contributed by atoms with van der Waals surface area (Å²) in [7, 11) is 1.69. The van der Waals surface area contributed by atoms with Crippen molar-refractivity contribution in [1.29, 1.82) is 0 Å². The largest absolute Gasteiger partial charge is 0.399 e. The molecule has 1 aromatic carbocycles. The molecule has 0 bridgehead atoms. The van der Waals surface area contributed by atoms with Crippen LogP contribution in [0, 0.1) is 5.92 Å². The third-order valence-electron chi connectivity index (χ3n) is 4.05. The van der Waals surface area contributed by atoms with Gasteiger partial charge in [0, 0.05) is 37.1 Å². The van der Waals surface area contributed by atoms with E-state index >= 15 is 0 Å². The predicted octanol–water partition coefficient (Wildman–Crippen LogP) is 1.17. The first-order valence-corrected chi connectivity index (χ1v) is 7.16. The molecule has 6 nitrogen and oxygen atoms in total. The molecule has 3 N–H and O–H groups in total. The first kappa shape index (κ1) is 13.6. The number of benzene rings is 1. The molecule has 0 atom stereocenters. The molecule has 1 aliphatic heterocycles. The van der Waals surface area contributed by atoms with Gasteiger partial charge in [-0.2, -0.15) is 0 Å². The van der Waals surface area contributed by atoms with Crippen LogP contribution < -0.4 is 16.0 Å². The minimum atomic E-state index is 0.106. The van der Waals surface area contributed by atoms with E-state index in [1.807, 2.05) is 18.2 Å². The molecule has 0 unspecified atom stereocenters. The minimum Gasteiger partial charge on any atom is -0.399 e. The van der Waals surface area contributed by atoms with Gasteiger partial charge in [-0.1, -0.05) is 0 Å². The predicted molar refractivity (Wildman–Crippen MR) is 83.0 cm³/mol. The van der Waals surface area contributed by atoms with E-state index in [0.717, 1.165) is 42.7 Å². The molecule has 0 radical (unpaired) electrons. The Morgan fingerprint density at radius 2 is 2.10 bits per heavy atom. The summed E-state index contributed by atoms with van der Waals surface area (Å²) in [6.45, 7) is 1.66. The topological polar surface area (TPSA) is 84.1 Å². The van der Waals surface area contributed by atoms with Gasteiger partial charge in [-0.15, -0.1) is 0 Å². The number of nitrogens with zero attached hydrogens (tertiary/aromatic N) is 3. The lowest BCUT2D eigenvalue weighted by atomic mass is 9.96. The highest BCUT2D eigenvalue weighted by Crippen LogP contribution is 2.28. The molecule has 0 aliphatic carbocycles. The molecule has 0 spiro atoms. The fourth-order valence-electron chi connectivity index (χ4n) is 2.87. The van der Waals surface area contributed by atoms with Crippen molar-refractivity contribution < 1.29 is 4.79 Å². The quantitative estimate of drug-likeness (QED) is 0.809. The van der Waals surface area contributed by atoms with E-state index < -0.39 is 0 Å². The molecule has 6 heteroatoms. The molecule has 1 fully saturated rings. The van der Waals surface area contributed by atoms with Crippen LogP contribution in [0.5, 0.6) is 0 Å². The third-order valence-corrected chi connectivity index (χ3v) is 4.05. The average Bonchev–Trinajstić information content (AvgIpc) is 2.53. The minimum absolute atomic E-state index is 0.106. The van der Waals surface area contributed by atoms with Crippen molar-refractivity contribution in [2.24, 2.45) is 5.92 Å². The molecule has 110 valence electrons. The van der Waals surface area contributed by atoms with Gasteiger partial charge in [0.1, 0.15) is 12.1 Å².